The molecule has 2 aromatic carbocycles. The first-order valence-corrected chi connectivity index (χ1v) is 6.71. The summed E-state index contributed by atoms with van der Waals surface area (Å²) >= 11 is 0. The van der Waals surface area contributed by atoms with Crippen LogP contribution in [0.1, 0.15) is 18.2 Å². The van der Waals surface area contributed by atoms with Gasteiger partial charge in [0.1, 0.15) is 0 Å². The van der Waals surface area contributed by atoms with Gasteiger partial charge in [-0.2, -0.15) is 0 Å². The summed E-state index contributed by atoms with van der Waals surface area (Å²) in [6.07, 6.45) is 0.991. The van der Waals surface area contributed by atoms with Crippen LogP contribution >= 0.6 is 0 Å². The highest BCUT2D eigenvalue weighted by atomic mass is 16.3. The molecule has 0 saturated heterocycles. The van der Waals surface area contributed by atoms with Crippen molar-refractivity contribution >= 4 is 10.8 Å². The highest BCUT2D eigenvalue weighted by Crippen LogP contribution is 2.33. The Kier molecular flexibility index (Phi) is 3.04. The first-order valence-electron chi connectivity index (χ1n) is 6.71. The smallest absolute Gasteiger partial charge is 0.212 e. The molecule has 0 aliphatic rings. The van der Waals surface area contributed by atoms with Gasteiger partial charge in [0.15, 0.2) is 0 Å². The van der Waals surface area contributed by atoms with Crippen LogP contribution in [0.25, 0.3) is 22.1 Å². The van der Waals surface area contributed by atoms with Crippen molar-refractivity contribution in [3.8, 4) is 11.3 Å². The molecule has 0 fully saturated rings. The van der Waals surface area contributed by atoms with Gasteiger partial charge >= 0.3 is 11.5 Å². The van der Waals surface area contributed by atoms with Crippen LogP contribution in [-0.2, 0) is 6.42 Å². The number of benzene rings is 2. The Hall–Kier alpha value is -2.15. The molecule has 0 aliphatic carbocycles. The molecule has 3 aromatic rings. The molecule has 3 rings (SSSR count). The van der Waals surface area contributed by atoms with Crippen molar-refractivity contribution in [2.45, 2.75) is 20.3 Å². The predicted molar refractivity (Wildman–Crippen MR) is 80.2 cm³/mol. The molecule has 0 aliphatic heterocycles. The minimum Gasteiger partial charge on any atom is -0.212 e. The molecule has 0 unspecified atom stereocenters. The van der Waals surface area contributed by atoms with Gasteiger partial charge in [-0.3, -0.25) is 0 Å². The lowest BCUT2D eigenvalue weighted by Crippen LogP contribution is -1.92. The van der Waals surface area contributed by atoms with Gasteiger partial charge in [-0.1, -0.05) is 43.3 Å². The second-order valence-electron chi connectivity index (χ2n) is 4.73. The lowest BCUT2D eigenvalue weighted by molar-refractivity contribution is 0.530. The molecule has 19 heavy (non-hydrogen) atoms. The SMILES string of the molecule is CCc1c(C)[o+]c(-c2ccccc2)c2ccccc12. The van der Waals surface area contributed by atoms with Crippen molar-refractivity contribution in [3.63, 3.8) is 0 Å². The predicted octanol–water partition coefficient (Wildman–Crippen LogP) is 5.25. The Morgan fingerprint density at radius 3 is 2.16 bits per heavy atom. The first kappa shape index (κ1) is 11.9. The van der Waals surface area contributed by atoms with Crippen LogP contribution in [0.3, 0.4) is 0 Å². The Balaban J connectivity index is 2.38. The van der Waals surface area contributed by atoms with Crippen molar-refractivity contribution in [2.24, 2.45) is 0 Å². The van der Waals surface area contributed by atoms with Gasteiger partial charge in [0.25, 0.3) is 0 Å². The van der Waals surface area contributed by atoms with E-state index in [0.29, 0.717) is 0 Å². The largest absolute Gasteiger partial charge is 0.367 e. The van der Waals surface area contributed by atoms with Crippen LogP contribution in [0.2, 0.25) is 0 Å². The second kappa shape index (κ2) is 4.85. The van der Waals surface area contributed by atoms with Crippen LogP contribution < -0.4 is 0 Å². The molecule has 0 amide bonds. The lowest BCUT2D eigenvalue weighted by atomic mass is 9.99. The zero-order valence-corrected chi connectivity index (χ0v) is 11.3. The number of hydrogen-bond donors (Lipinski definition) is 0. The molecule has 0 radical (unpaired) electrons. The second-order valence-corrected chi connectivity index (χ2v) is 4.73. The van der Waals surface area contributed by atoms with Crippen molar-refractivity contribution in [1.29, 1.82) is 0 Å². The van der Waals surface area contributed by atoms with Gasteiger partial charge in [0.05, 0.1) is 23.4 Å². The Morgan fingerprint density at radius 1 is 0.842 bits per heavy atom. The van der Waals surface area contributed by atoms with Crippen LogP contribution in [0.5, 0.6) is 0 Å². The third-order valence-corrected chi connectivity index (χ3v) is 3.57. The quantitative estimate of drug-likeness (QED) is 0.564. The molecule has 1 heterocycles. The molecule has 0 bridgehead atoms. The fourth-order valence-corrected chi connectivity index (χ4v) is 2.65. The van der Waals surface area contributed by atoms with E-state index in [9.17, 15) is 0 Å². The summed E-state index contributed by atoms with van der Waals surface area (Å²) in [6.45, 7) is 4.23. The van der Waals surface area contributed by atoms with E-state index >= 15 is 0 Å². The highest BCUT2D eigenvalue weighted by molar-refractivity contribution is 5.95. The summed E-state index contributed by atoms with van der Waals surface area (Å²) in [7, 11) is 0. The van der Waals surface area contributed by atoms with E-state index in [4.69, 9.17) is 4.42 Å². The number of aryl methyl sites for hydroxylation is 2. The summed E-state index contributed by atoms with van der Waals surface area (Å²) in [5.74, 6) is 1.98. The summed E-state index contributed by atoms with van der Waals surface area (Å²) < 4.78 is 6.10. The van der Waals surface area contributed by atoms with Crippen molar-refractivity contribution in [3.05, 3.63) is 65.9 Å². The zero-order chi connectivity index (χ0) is 13.2. The molecular formula is C18H17O+. The first-order chi connectivity index (χ1) is 9.31. The van der Waals surface area contributed by atoms with E-state index in [2.05, 4.69) is 50.2 Å². The molecular weight excluding hydrogens is 232 g/mol. The third kappa shape index (κ3) is 2.01. The third-order valence-electron chi connectivity index (χ3n) is 3.57. The minimum atomic E-state index is 0.964. The Bertz CT molecular complexity index is 714. The molecule has 1 heteroatoms. The normalized spacial score (nSPS) is 10.8. The van der Waals surface area contributed by atoms with Crippen molar-refractivity contribution in [1.82, 2.24) is 0 Å². The Labute approximate surface area is 113 Å². The fourth-order valence-electron chi connectivity index (χ4n) is 2.65. The van der Waals surface area contributed by atoms with Crippen LogP contribution in [-0.4, -0.2) is 0 Å². The van der Waals surface area contributed by atoms with E-state index in [-0.39, 0.29) is 0 Å². The van der Waals surface area contributed by atoms with Crippen LogP contribution in [0.15, 0.2) is 59.0 Å². The number of fused-ring (bicyclic) bond motifs is 1. The molecule has 0 atom stereocenters. The number of hydrogen-bond acceptors (Lipinski definition) is 0. The topological polar surface area (TPSA) is 11.3 Å². The fraction of sp³-hybridized carbons (Fsp3) is 0.167. The zero-order valence-electron chi connectivity index (χ0n) is 11.3. The van der Waals surface area contributed by atoms with E-state index in [1.54, 1.807) is 0 Å². The lowest BCUT2D eigenvalue weighted by Gasteiger charge is -2.03. The monoisotopic (exact) mass is 249 g/mol. The maximum absolute atomic E-state index is 6.10. The van der Waals surface area contributed by atoms with Gasteiger partial charge in [-0.15, -0.1) is 0 Å². The van der Waals surface area contributed by atoms with Crippen LogP contribution in [0.4, 0.5) is 0 Å². The molecule has 0 saturated carbocycles. The average Bonchev–Trinajstić information content (AvgIpc) is 2.47. The Morgan fingerprint density at radius 2 is 1.47 bits per heavy atom. The van der Waals surface area contributed by atoms with E-state index in [0.717, 1.165) is 23.5 Å². The van der Waals surface area contributed by atoms with Crippen LogP contribution in [0, 0.1) is 6.92 Å². The minimum absolute atomic E-state index is 0.964. The number of rotatable bonds is 2. The van der Waals surface area contributed by atoms with E-state index < -0.39 is 0 Å². The maximum atomic E-state index is 6.10. The maximum Gasteiger partial charge on any atom is 0.367 e. The molecule has 1 aromatic heterocycles. The van der Waals surface area contributed by atoms with E-state index in [1.807, 2.05) is 18.2 Å². The summed E-state index contributed by atoms with van der Waals surface area (Å²) in [5.41, 5.74) is 2.43. The van der Waals surface area contributed by atoms with Gasteiger partial charge in [-0.25, -0.2) is 4.42 Å². The van der Waals surface area contributed by atoms with Gasteiger partial charge in [0, 0.05) is 5.39 Å². The van der Waals surface area contributed by atoms with Crippen molar-refractivity contribution in [2.75, 3.05) is 0 Å². The summed E-state index contributed by atoms with van der Waals surface area (Å²) in [6, 6.07) is 18.8. The molecule has 0 spiro atoms. The molecule has 94 valence electrons. The average molecular weight is 249 g/mol. The van der Waals surface area contributed by atoms with Gasteiger partial charge in [0.2, 0.25) is 0 Å². The van der Waals surface area contributed by atoms with Gasteiger partial charge in [-0.05, 0) is 24.6 Å². The molecule has 0 N–H and O–H groups in total. The highest BCUT2D eigenvalue weighted by Gasteiger charge is 2.22. The molecule has 1 nitrogen and oxygen atoms in total. The summed E-state index contributed by atoms with van der Waals surface area (Å²) in [4.78, 5) is 0. The summed E-state index contributed by atoms with van der Waals surface area (Å²) in [5, 5.41) is 2.49. The standard InChI is InChI=1S/C18H17O/c1-3-15-13(2)19-18(14-9-5-4-6-10-14)17-12-8-7-11-16(15)17/h4-12H,3H2,1-2H3/q+1. The van der Waals surface area contributed by atoms with Gasteiger partial charge < -0.3 is 0 Å². The van der Waals surface area contributed by atoms with E-state index in [1.165, 1.54) is 16.3 Å². The van der Waals surface area contributed by atoms with Crippen molar-refractivity contribution < 1.29 is 4.42 Å².